The highest BCUT2D eigenvalue weighted by molar-refractivity contribution is 6.15. The van der Waals surface area contributed by atoms with E-state index in [1.165, 1.54) is 6.08 Å². The smallest absolute Gasteiger partial charge is 0.152 e. The molecule has 1 unspecified atom stereocenters. The number of hydrogen-bond acceptors (Lipinski definition) is 3. The third-order valence-corrected chi connectivity index (χ3v) is 3.07. The fraction of sp³-hybridized carbons (Fsp3) is 0.583. The van der Waals surface area contributed by atoms with E-state index >= 15 is 0 Å². The Labute approximate surface area is 89.5 Å². The first-order chi connectivity index (χ1) is 6.84. The van der Waals surface area contributed by atoms with Crippen molar-refractivity contribution in [3.8, 4) is 0 Å². The maximum absolute atomic E-state index is 12.0. The van der Waals surface area contributed by atoms with Gasteiger partial charge in [-0.1, -0.05) is 19.9 Å². The van der Waals surface area contributed by atoms with Crippen LogP contribution in [0.4, 0.5) is 0 Å². The monoisotopic (exact) mass is 208 g/mol. The van der Waals surface area contributed by atoms with Crippen molar-refractivity contribution in [3.05, 3.63) is 12.2 Å². The maximum Gasteiger partial charge on any atom is 0.152 e. The number of hydrogen-bond donors (Lipinski definition) is 0. The number of rotatable bonds is 3. The van der Waals surface area contributed by atoms with Gasteiger partial charge in [-0.05, 0) is 19.4 Å². The van der Waals surface area contributed by atoms with Crippen molar-refractivity contribution >= 4 is 17.9 Å². The average molecular weight is 208 g/mol. The normalized spacial score (nSPS) is 30.1. The van der Waals surface area contributed by atoms with Crippen molar-refractivity contribution in [1.29, 1.82) is 0 Å². The van der Waals surface area contributed by atoms with Crippen molar-refractivity contribution in [2.24, 2.45) is 10.8 Å². The molecule has 1 aliphatic carbocycles. The van der Waals surface area contributed by atoms with E-state index in [1.807, 2.05) is 0 Å². The lowest BCUT2D eigenvalue weighted by atomic mass is 9.79. The summed E-state index contributed by atoms with van der Waals surface area (Å²) in [5.74, 6) is -0.0383. The first-order valence-corrected chi connectivity index (χ1v) is 5.03. The van der Waals surface area contributed by atoms with Gasteiger partial charge >= 0.3 is 0 Å². The molecule has 1 saturated carbocycles. The van der Waals surface area contributed by atoms with Crippen LogP contribution in [0.1, 0.15) is 33.6 Å². The number of aldehydes is 1. The fourth-order valence-electron chi connectivity index (χ4n) is 2.12. The Morgan fingerprint density at radius 3 is 2.27 bits per heavy atom. The molecular formula is C12H16O3. The second-order valence-corrected chi connectivity index (χ2v) is 4.91. The van der Waals surface area contributed by atoms with Crippen molar-refractivity contribution in [3.63, 3.8) is 0 Å². The Balaban J connectivity index is 2.93. The predicted octanol–water partition coefficient (Wildman–Crippen LogP) is 1.71. The Morgan fingerprint density at radius 1 is 1.27 bits per heavy atom. The van der Waals surface area contributed by atoms with E-state index in [1.54, 1.807) is 26.8 Å². The third-order valence-electron chi connectivity index (χ3n) is 3.07. The van der Waals surface area contributed by atoms with E-state index in [4.69, 9.17) is 0 Å². The Morgan fingerprint density at radius 2 is 1.87 bits per heavy atom. The summed E-state index contributed by atoms with van der Waals surface area (Å²) in [6, 6.07) is 0. The molecule has 1 aliphatic rings. The summed E-state index contributed by atoms with van der Waals surface area (Å²) in [7, 11) is 0. The number of allylic oxidation sites excluding steroid dienone is 2. The summed E-state index contributed by atoms with van der Waals surface area (Å²) in [5, 5.41) is 0. The minimum atomic E-state index is -0.928. The van der Waals surface area contributed by atoms with Crippen LogP contribution >= 0.6 is 0 Å². The third kappa shape index (κ3) is 1.91. The van der Waals surface area contributed by atoms with Gasteiger partial charge in [-0.3, -0.25) is 14.4 Å². The molecular weight excluding hydrogens is 192 g/mol. The van der Waals surface area contributed by atoms with E-state index in [0.717, 1.165) is 0 Å². The molecule has 0 aliphatic heterocycles. The minimum Gasteiger partial charge on any atom is -0.299 e. The quantitative estimate of drug-likeness (QED) is 0.403. The van der Waals surface area contributed by atoms with Gasteiger partial charge in [0, 0.05) is 11.8 Å². The van der Waals surface area contributed by atoms with Gasteiger partial charge < -0.3 is 0 Å². The van der Waals surface area contributed by atoms with E-state index in [2.05, 4.69) is 0 Å². The molecule has 0 amide bonds. The highest BCUT2D eigenvalue weighted by Crippen LogP contribution is 2.44. The summed E-state index contributed by atoms with van der Waals surface area (Å²) in [6.07, 6.45) is 4.20. The average Bonchev–Trinajstić information content (AvgIpc) is 2.28. The zero-order valence-corrected chi connectivity index (χ0v) is 9.37. The molecule has 0 aromatic carbocycles. The summed E-state index contributed by atoms with van der Waals surface area (Å²) in [6.45, 7) is 5.26. The molecule has 1 atom stereocenters. The van der Waals surface area contributed by atoms with Crippen LogP contribution < -0.4 is 0 Å². The van der Waals surface area contributed by atoms with Gasteiger partial charge in [0.2, 0.25) is 0 Å². The molecule has 1 fully saturated rings. The van der Waals surface area contributed by atoms with Gasteiger partial charge in [-0.25, -0.2) is 0 Å². The SMILES string of the molecule is CC1(C)CC(=O)C(C)(C/C=C/C=O)C1=O. The van der Waals surface area contributed by atoms with Crippen LogP contribution in [0.2, 0.25) is 0 Å². The second-order valence-electron chi connectivity index (χ2n) is 4.91. The lowest BCUT2D eigenvalue weighted by molar-refractivity contribution is -0.136. The molecule has 0 aromatic heterocycles. The van der Waals surface area contributed by atoms with Crippen LogP contribution in [0.5, 0.6) is 0 Å². The van der Waals surface area contributed by atoms with E-state index in [-0.39, 0.29) is 11.6 Å². The summed E-state index contributed by atoms with van der Waals surface area (Å²) in [5.41, 5.74) is -1.48. The van der Waals surface area contributed by atoms with Crippen LogP contribution in [0, 0.1) is 10.8 Å². The summed E-state index contributed by atoms with van der Waals surface area (Å²) < 4.78 is 0. The van der Waals surface area contributed by atoms with Gasteiger partial charge in [-0.2, -0.15) is 0 Å². The molecule has 3 heteroatoms. The molecule has 0 N–H and O–H groups in total. The van der Waals surface area contributed by atoms with Gasteiger partial charge in [0.05, 0.1) is 5.41 Å². The number of ketones is 2. The summed E-state index contributed by atoms with van der Waals surface area (Å²) in [4.78, 5) is 33.9. The van der Waals surface area contributed by atoms with E-state index in [9.17, 15) is 14.4 Å². The second kappa shape index (κ2) is 3.72. The number of carbonyl (C=O) groups excluding carboxylic acids is 3. The van der Waals surface area contributed by atoms with Gasteiger partial charge in [0.25, 0.3) is 0 Å². The standard InChI is InChI=1S/C12H16O3/c1-11(2)8-9(14)12(3,10(11)15)6-4-5-7-13/h4-5,7H,6,8H2,1-3H3/b5-4+. The lowest BCUT2D eigenvalue weighted by Gasteiger charge is -2.21. The zero-order valence-electron chi connectivity index (χ0n) is 9.37. The Hall–Kier alpha value is -1.25. The molecule has 82 valence electrons. The Kier molecular flexibility index (Phi) is 2.93. The molecule has 0 aromatic rings. The highest BCUT2D eigenvalue weighted by atomic mass is 16.2. The lowest BCUT2D eigenvalue weighted by Crippen LogP contribution is -2.32. The maximum atomic E-state index is 12.0. The van der Waals surface area contributed by atoms with Crippen molar-refractivity contribution in [2.75, 3.05) is 0 Å². The van der Waals surface area contributed by atoms with Crippen molar-refractivity contribution in [2.45, 2.75) is 33.6 Å². The summed E-state index contributed by atoms with van der Waals surface area (Å²) >= 11 is 0. The van der Waals surface area contributed by atoms with Crippen molar-refractivity contribution in [1.82, 2.24) is 0 Å². The van der Waals surface area contributed by atoms with Crippen LogP contribution in [0.15, 0.2) is 12.2 Å². The number of carbonyl (C=O) groups is 3. The zero-order chi connectivity index (χ0) is 11.7. The van der Waals surface area contributed by atoms with Crippen LogP contribution in [-0.2, 0) is 14.4 Å². The first kappa shape index (κ1) is 11.8. The fourth-order valence-corrected chi connectivity index (χ4v) is 2.12. The van der Waals surface area contributed by atoms with E-state index in [0.29, 0.717) is 19.1 Å². The van der Waals surface area contributed by atoms with E-state index < -0.39 is 10.8 Å². The molecule has 0 spiro atoms. The van der Waals surface area contributed by atoms with Gasteiger partial charge in [0.1, 0.15) is 12.1 Å². The largest absolute Gasteiger partial charge is 0.299 e. The van der Waals surface area contributed by atoms with Crippen LogP contribution in [-0.4, -0.2) is 17.9 Å². The molecule has 0 radical (unpaired) electrons. The minimum absolute atomic E-state index is 0.0180. The molecule has 0 bridgehead atoms. The predicted molar refractivity (Wildman–Crippen MR) is 56.3 cm³/mol. The van der Waals surface area contributed by atoms with Crippen LogP contribution in [0.3, 0.4) is 0 Å². The highest BCUT2D eigenvalue weighted by Gasteiger charge is 2.54. The molecule has 0 saturated heterocycles. The molecule has 0 heterocycles. The van der Waals surface area contributed by atoms with Crippen LogP contribution in [0.25, 0.3) is 0 Å². The van der Waals surface area contributed by atoms with Crippen molar-refractivity contribution < 1.29 is 14.4 Å². The van der Waals surface area contributed by atoms with Gasteiger partial charge in [-0.15, -0.1) is 0 Å². The number of Topliss-reactive ketones (excluding diaryl/α,β-unsaturated/α-hetero) is 2. The molecule has 15 heavy (non-hydrogen) atoms. The molecule has 3 nitrogen and oxygen atoms in total. The topological polar surface area (TPSA) is 51.2 Å². The molecule has 1 rings (SSSR count). The van der Waals surface area contributed by atoms with Gasteiger partial charge in [0.15, 0.2) is 5.78 Å². The Bertz CT molecular complexity index is 339. The first-order valence-electron chi connectivity index (χ1n) is 5.03.